The number of rotatable bonds is 10. The maximum atomic E-state index is 14.8. The molecule has 11 heteroatoms. The Hall–Kier alpha value is -4.25. The van der Waals surface area contributed by atoms with Gasteiger partial charge in [-0.15, -0.1) is 0 Å². The number of pyridine rings is 2. The number of alkyl carbamates (subject to hydrolysis) is 1. The first-order chi connectivity index (χ1) is 22.3. The van der Waals surface area contributed by atoms with Crippen molar-refractivity contribution in [1.82, 2.24) is 25.9 Å². The topological polar surface area (TPSA) is 105 Å². The number of amides is 2. The summed E-state index contributed by atoms with van der Waals surface area (Å²) in [5, 5.41) is 9.73. The fourth-order valence-corrected chi connectivity index (χ4v) is 6.47. The van der Waals surface area contributed by atoms with Crippen molar-refractivity contribution in [3.63, 3.8) is 0 Å². The van der Waals surface area contributed by atoms with Gasteiger partial charge in [0.25, 0.3) is 0 Å². The molecule has 0 bridgehead atoms. The average molecular weight is 666 g/mol. The fourth-order valence-electron chi connectivity index (χ4n) is 6.47. The first kappa shape index (κ1) is 36.6. The third-order valence-electron chi connectivity index (χ3n) is 8.06. The molecule has 1 aliphatic heterocycles. The highest BCUT2D eigenvalue weighted by Crippen LogP contribution is 2.34. The van der Waals surface area contributed by atoms with Gasteiger partial charge < -0.3 is 20.7 Å². The first-order valence-electron chi connectivity index (χ1n) is 16.1. The quantitative estimate of drug-likeness (QED) is 0.203. The maximum Gasteiger partial charge on any atom is 0.408 e. The van der Waals surface area contributed by atoms with Crippen LogP contribution in [0.2, 0.25) is 0 Å². The van der Waals surface area contributed by atoms with Gasteiger partial charge in [0, 0.05) is 41.3 Å². The molecule has 0 unspecified atom stereocenters. The highest BCUT2D eigenvalue weighted by Gasteiger charge is 2.43. The van der Waals surface area contributed by atoms with Crippen LogP contribution >= 0.6 is 0 Å². The summed E-state index contributed by atoms with van der Waals surface area (Å²) in [5.41, 5.74) is -1.31. The molecular formula is C37H46F3N5O3. The number of carbonyl (C=O) groups is 2. The van der Waals surface area contributed by atoms with E-state index in [1.54, 1.807) is 32.9 Å². The largest absolute Gasteiger partial charge is 0.444 e. The lowest BCUT2D eigenvalue weighted by Crippen LogP contribution is -2.63. The van der Waals surface area contributed by atoms with Crippen LogP contribution in [0.1, 0.15) is 84.3 Å². The van der Waals surface area contributed by atoms with Crippen LogP contribution in [0.25, 0.3) is 0 Å². The molecule has 8 nitrogen and oxygen atoms in total. The molecule has 4 rings (SSSR count). The van der Waals surface area contributed by atoms with Crippen molar-refractivity contribution >= 4 is 12.0 Å². The summed E-state index contributed by atoms with van der Waals surface area (Å²) in [6.07, 6.45) is 6.15. The van der Waals surface area contributed by atoms with Gasteiger partial charge in [0.15, 0.2) is 0 Å². The molecule has 3 aromatic rings. The Kier molecular flexibility index (Phi) is 11.0. The van der Waals surface area contributed by atoms with Crippen molar-refractivity contribution in [3.8, 4) is 0 Å². The molecule has 2 aromatic heterocycles. The number of piperidine rings is 1. The average Bonchev–Trinajstić information content (AvgIpc) is 2.95. The third-order valence-corrected chi connectivity index (χ3v) is 8.06. The Labute approximate surface area is 281 Å². The summed E-state index contributed by atoms with van der Waals surface area (Å²) in [6.45, 7) is 13.5. The van der Waals surface area contributed by atoms with E-state index in [2.05, 4.69) is 53.6 Å². The molecule has 1 aliphatic rings. The number of aromatic nitrogens is 2. The zero-order valence-corrected chi connectivity index (χ0v) is 28.7. The van der Waals surface area contributed by atoms with Crippen molar-refractivity contribution in [2.75, 3.05) is 0 Å². The molecule has 3 N–H and O–H groups in total. The van der Waals surface area contributed by atoms with E-state index in [1.165, 1.54) is 48.5 Å². The Morgan fingerprint density at radius 1 is 0.875 bits per heavy atom. The number of nitrogens with one attached hydrogen (secondary N) is 3. The van der Waals surface area contributed by atoms with Gasteiger partial charge in [-0.3, -0.25) is 14.8 Å². The lowest BCUT2D eigenvalue weighted by atomic mass is 9.75. The minimum atomic E-state index is -1.40. The van der Waals surface area contributed by atoms with E-state index in [9.17, 15) is 22.8 Å². The number of ether oxygens (including phenoxy) is 1. The number of hydrogen-bond acceptors (Lipinski definition) is 6. The zero-order chi connectivity index (χ0) is 35.3. The van der Waals surface area contributed by atoms with Gasteiger partial charge in [0.2, 0.25) is 5.91 Å². The monoisotopic (exact) mass is 665 g/mol. The van der Waals surface area contributed by atoms with Crippen LogP contribution in [-0.4, -0.2) is 44.7 Å². The van der Waals surface area contributed by atoms with Crippen LogP contribution in [0, 0.1) is 22.9 Å². The second-order valence-corrected chi connectivity index (χ2v) is 15.0. The van der Waals surface area contributed by atoms with Crippen molar-refractivity contribution < 1.29 is 27.5 Å². The standard InChI is InChI=1S/C37H46F3N5O3/c1-34(2,3)48-33(47)44-31(24-8-10-25(38)11-9-24)16-17-37(20-28-14-12-26(39)22-41-28,21-29-15-13-27(40)23-42-29)32(46)43-30-18-35(4,5)45-36(6,7)19-30/h8-17,22-23,30-31,45H,18-21H2,1-7H3,(H,43,46)(H,44,47)/b17-16+/t31-/m1/s1. The second-order valence-electron chi connectivity index (χ2n) is 15.0. The first-order valence-corrected chi connectivity index (χ1v) is 16.1. The van der Waals surface area contributed by atoms with E-state index in [0.717, 1.165) is 12.4 Å². The highest BCUT2D eigenvalue weighted by atomic mass is 19.1. The Morgan fingerprint density at radius 2 is 1.38 bits per heavy atom. The van der Waals surface area contributed by atoms with Gasteiger partial charge in [0.1, 0.15) is 23.1 Å². The minimum absolute atomic E-state index is 0.0228. The SMILES string of the molecule is CC1(C)CC(NC(=O)C(/C=C/[C@@H](NC(=O)OC(C)(C)C)c2ccc(F)cc2)(Cc2ccc(F)cn2)Cc2ccc(F)cn2)CC(C)(C)N1. The summed E-state index contributed by atoms with van der Waals surface area (Å²) in [6, 6.07) is 10.1. The molecule has 1 saturated heterocycles. The molecule has 1 atom stereocenters. The van der Waals surface area contributed by atoms with Gasteiger partial charge in [-0.05, 0) is 103 Å². The Balaban J connectivity index is 1.83. The third kappa shape index (κ3) is 10.6. The number of halogens is 3. The van der Waals surface area contributed by atoms with E-state index < -0.39 is 40.6 Å². The molecular weight excluding hydrogens is 619 g/mol. The summed E-state index contributed by atoms with van der Waals surface area (Å²) < 4.78 is 47.3. The van der Waals surface area contributed by atoms with Crippen LogP contribution in [0.3, 0.4) is 0 Å². The van der Waals surface area contributed by atoms with E-state index in [0.29, 0.717) is 29.8 Å². The summed E-state index contributed by atoms with van der Waals surface area (Å²) in [4.78, 5) is 36.3. The zero-order valence-electron chi connectivity index (χ0n) is 28.7. The predicted octanol–water partition coefficient (Wildman–Crippen LogP) is 6.91. The van der Waals surface area contributed by atoms with Crippen molar-refractivity contribution in [2.45, 2.75) is 103 Å². The number of nitrogens with zero attached hydrogens (tertiary/aromatic N) is 2. The molecule has 1 fully saturated rings. The number of hydrogen-bond donors (Lipinski definition) is 3. The maximum absolute atomic E-state index is 14.8. The predicted molar refractivity (Wildman–Crippen MR) is 178 cm³/mol. The van der Waals surface area contributed by atoms with Crippen LogP contribution in [0.5, 0.6) is 0 Å². The fraction of sp³-hybridized carbons (Fsp3) is 0.459. The van der Waals surface area contributed by atoms with Gasteiger partial charge in [-0.1, -0.05) is 24.3 Å². The molecule has 3 heterocycles. The molecule has 0 saturated carbocycles. The van der Waals surface area contributed by atoms with Gasteiger partial charge in [0.05, 0.1) is 23.9 Å². The van der Waals surface area contributed by atoms with Crippen LogP contribution < -0.4 is 16.0 Å². The van der Waals surface area contributed by atoms with Gasteiger partial charge in [-0.25, -0.2) is 18.0 Å². The second kappa shape index (κ2) is 14.5. The summed E-state index contributed by atoms with van der Waals surface area (Å²) >= 11 is 0. The lowest BCUT2D eigenvalue weighted by molar-refractivity contribution is -0.130. The Morgan fingerprint density at radius 3 is 1.83 bits per heavy atom. The van der Waals surface area contributed by atoms with Crippen LogP contribution in [-0.2, 0) is 22.4 Å². The van der Waals surface area contributed by atoms with Crippen molar-refractivity contribution in [2.24, 2.45) is 5.41 Å². The van der Waals surface area contributed by atoms with Crippen molar-refractivity contribution in [3.05, 3.63) is 107 Å². The molecule has 0 spiro atoms. The van der Waals surface area contributed by atoms with Gasteiger partial charge in [-0.2, -0.15) is 0 Å². The number of carbonyl (C=O) groups excluding carboxylic acids is 2. The van der Waals surface area contributed by atoms with Gasteiger partial charge >= 0.3 is 6.09 Å². The minimum Gasteiger partial charge on any atom is -0.444 e. The number of benzene rings is 1. The van der Waals surface area contributed by atoms with E-state index >= 15 is 0 Å². The van der Waals surface area contributed by atoms with Crippen LogP contribution in [0.4, 0.5) is 18.0 Å². The molecule has 0 aliphatic carbocycles. The smallest absolute Gasteiger partial charge is 0.408 e. The van der Waals surface area contributed by atoms with E-state index in [1.807, 2.05) is 0 Å². The van der Waals surface area contributed by atoms with Crippen molar-refractivity contribution in [1.29, 1.82) is 0 Å². The molecule has 0 radical (unpaired) electrons. The molecule has 2 amide bonds. The van der Waals surface area contributed by atoms with E-state index in [-0.39, 0.29) is 35.9 Å². The normalized spacial score (nSPS) is 17.1. The molecule has 48 heavy (non-hydrogen) atoms. The van der Waals surface area contributed by atoms with E-state index in [4.69, 9.17) is 4.74 Å². The van der Waals surface area contributed by atoms with Crippen LogP contribution in [0.15, 0.2) is 73.1 Å². The lowest BCUT2D eigenvalue weighted by Gasteiger charge is -2.47. The molecule has 1 aromatic carbocycles. The Bertz CT molecular complexity index is 1520. The highest BCUT2D eigenvalue weighted by molar-refractivity contribution is 5.85. The summed E-state index contributed by atoms with van der Waals surface area (Å²) in [5.74, 6) is -1.85. The summed E-state index contributed by atoms with van der Waals surface area (Å²) in [7, 11) is 0. The molecule has 258 valence electrons.